The van der Waals surface area contributed by atoms with Crippen molar-refractivity contribution in [2.24, 2.45) is 0 Å². The minimum atomic E-state index is 0.771. The summed E-state index contributed by atoms with van der Waals surface area (Å²) >= 11 is 0. The van der Waals surface area contributed by atoms with Crippen LogP contribution in [-0.4, -0.2) is 6.54 Å². The van der Waals surface area contributed by atoms with Crippen LogP contribution in [0.1, 0.15) is 12.5 Å². The molecular weight excluding hydrogens is 160 g/mol. The number of aryl methyl sites for hydroxylation is 1. The fraction of sp³-hybridized carbons (Fsp3) is 0.273. The quantitative estimate of drug-likeness (QED) is 0.548. The highest BCUT2D eigenvalue weighted by molar-refractivity contribution is 5.69. The third kappa shape index (κ3) is 2.51. The summed E-state index contributed by atoms with van der Waals surface area (Å²) in [4.78, 5) is 0. The highest BCUT2D eigenvalue weighted by Gasteiger charge is 1.99. The molecule has 0 aromatic heterocycles. The van der Waals surface area contributed by atoms with Crippen LogP contribution >= 0.6 is 0 Å². The summed E-state index contributed by atoms with van der Waals surface area (Å²) in [6, 6.07) is 5.97. The van der Waals surface area contributed by atoms with Crippen LogP contribution in [0.5, 0.6) is 0 Å². The van der Waals surface area contributed by atoms with E-state index in [2.05, 4.69) is 11.9 Å². The Morgan fingerprint density at radius 1 is 1.54 bits per heavy atom. The van der Waals surface area contributed by atoms with Crippen LogP contribution in [0, 0.1) is 6.92 Å². The summed E-state index contributed by atoms with van der Waals surface area (Å²) in [5.74, 6) is 0. The molecule has 0 unspecified atom stereocenters. The number of hydrogen-bond donors (Lipinski definition) is 2. The van der Waals surface area contributed by atoms with Crippen molar-refractivity contribution in [1.82, 2.24) is 0 Å². The van der Waals surface area contributed by atoms with Gasteiger partial charge in [-0.25, -0.2) is 0 Å². The highest BCUT2D eigenvalue weighted by Crippen LogP contribution is 2.21. The van der Waals surface area contributed by atoms with Crippen LogP contribution in [0.15, 0.2) is 30.4 Å². The molecule has 1 aromatic rings. The van der Waals surface area contributed by atoms with Gasteiger partial charge < -0.3 is 11.1 Å². The lowest BCUT2D eigenvalue weighted by Gasteiger charge is -2.10. The first-order valence-corrected chi connectivity index (χ1v) is 4.34. The van der Waals surface area contributed by atoms with E-state index in [4.69, 9.17) is 5.73 Å². The Morgan fingerprint density at radius 2 is 2.23 bits per heavy atom. The summed E-state index contributed by atoms with van der Waals surface area (Å²) in [6.07, 6.45) is 0. The number of nitrogens with two attached hydrogens (primary N) is 1. The van der Waals surface area contributed by atoms with E-state index >= 15 is 0 Å². The molecule has 0 spiro atoms. The third-order valence-corrected chi connectivity index (χ3v) is 1.90. The van der Waals surface area contributed by atoms with Crippen LogP contribution in [0.2, 0.25) is 0 Å². The van der Waals surface area contributed by atoms with Gasteiger partial charge in [-0.15, -0.1) is 0 Å². The maximum Gasteiger partial charge on any atom is 0.0579 e. The van der Waals surface area contributed by atoms with E-state index in [9.17, 15) is 0 Å². The second-order valence-electron chi connectivity index (χ2n) is 3.35. The molecule has 0 radical (unpaired) electrons. The Kier molecular flexibility index (Phi) is 2.96. The monoisotopic (exact) mass is 176 g/mol. The van der Waals surface area contributed by atoms with Crippen molar-refractivity contribution < 1.29 is 0 Å². The van der Waals surface area contributed by atoms with Gasteiger partial charge in [-0.1, -0.05) is 24.3 Å². The van der Waals surface area contributed by atoms with Crippen molar-refractivity contribution in [3.05, 3.63) is 35.9 Å². The Balaban J connectivity index is 2.77. The van der Waals surface area contributed by atoms with E-state index in [-0.39, 0.29) is 0 Å². The standard InChI is InChI=1S/C11H16N2/c1-8(2)7-13-10-6-4-5-9(3)11(10)12/h4-6,13H,1,7,12H2,2-3H3. The lowest BCUT2D eigenvalue weighted by Crippen LogP contribution is -2.05. The largest absolute Gasteiger partial charge is 0.397 e. The van der Waals surface area contributed by atoms with Crippen molar-refractivity contribution in [2.75, 3.05) is 17.6 Å². The molecule has 2 heteroatoms. The second kappa shape index (κ2) is 3.99. The van der Waals surface area contributed by atoms with Gasteiger partial charge in [-0.05, 0) is 25.5 Å². The number of hydrogen-bond acceptors (Lipinski definition) is 2. The van der Waals surface area contributed by atoms with Crippen molar-refractivity contribution in [1.29, 1.82) is 0 Å². The summed E-state index contributed by atoms with van der Waals surface area (Å²) in [7, 11) is 0. The van der Waals surface area contributed by atoms with Crippen molar-refractivity contribution in [2.45, 2.75) is 13.8 Å². The third-order valence-electron chi connectivity index (χ3n) is 1.90. The lowest BCUT2D eigenvalue weighted by atomic mass is 10.1. The molecule has 0 aliphatic carbocycles. The van der Waals surface area contributed by atoms with Crippen LogP contribution in [-0.2, 0) is 0 Å². The first kappa shape index (κ1) is 9.65. The van der Waals surface area contributed by atoms with E-state index in [0.29, 0.717) is 0 Å². The number of rotatable bonds is 3. The number of benzene rings is 1. The van der Waals surface area contributed by atoms with E-state index in [1.54, 1.807) is 0 Å². The van der Waals surface area contributed by atoms with Gasteiger partial charge in [0, 0.05) is 6.54 Å². The molecule has 70 valence electrons. The Bertz CT molecular complexity index is 316. The first-order chi connectivity index (χ1) is 6.11. The van der Waals surface area contributed by atoms with Gasteiger partial charge >= 0.3 is 0 Å². The molecule has 1 aromatic carbocycles. The summed E-state index contributed by atoms with van der Waals surface area (Å²) in [5, 5.41) is 3.23. The average molecular weight is 176 g/mol. The Labute approximate surface area is 79.5 Å². The van der Waals surface area contributed by atoms with Crippen molar-refractivity contribution in [3.63, 3.8) is 0 Å². The Hall–Kier alpha value is -1.44. The van der Waals surface area contributed by atoms with Crippen LogP contribution < -0.4 is 11.1 Å². The fourth-order valence-corrected chi connectivity index (χ4v) is 1.08. The topological polar surface area (TPSA) is 38.0 Å². The zero-order valence-corrected chi connectivity index (χ0v) is 8.22. The molecule has 1 rings (SSSR count). The predicted molar refractivity (Wildman–Crippen MR) is 58.9 cm³/mol. The molecule has 2 nitrogen and oxygen atoms in total. The molecule has 0 saturated carbocycles. The molecule has 0 heterocycles. The van der Waals surface area contributed by atoms with E-state index in [1.807, 2.05) is 32.0 Å². The van der Waals surface area contributed by atoms with E-state index in [0.717, 1.165) is 29.1 Å². The van der Waals surface area contributed by atoms with E-state index < -0.39 is 0 Å². The second-order valence-corrected chi connectivity index (χ2v) is 3.35. The van der Waals surface area contributed by atoms with Crippen LogP contribution in [0.4, 0.5) is 11.4 Å². The molecule has 0 aliphatic rings. The molecule has 3 N–H and O–H groups in total. The first-order valence-electron chi connectivity index (χ1n) is 4.34. The van der Waals surface area contributed by atoms with Crippen molar-refractivity contribution in [3.8, 4) is 0 Å². The predicted octanol–water partition coefficient (Wildman–Crippen LogP) is 2.57. The maximum atomic E-state index is 5.88. The number of anilines is 2. The highest BCUT2D eigenvalue weighted by atomic mass is 14.9. The molecule has 0 atom stereocenters. The molecule has 0 fully saturated rings. The van der Waals surface area contributed by atoms with Gasteiger partial charge in [-0.3, -0.25) is 0 Å². The number of nitrogen functional groups attached to an aromatic ring is 1. The molecular formula is C11H16N2. The van der Waals surface area contributed by atoms with Crippen molar-refractivity contribution >= 4 is 11.4 Å². The molecule has 0 saturated heterocycles. The van der Waals surface area contributed by atoms with Gasteiger partial charge in [0.1, 0.15) is 0 Å². The summed E-state index contributed by atoms with van der Waals surface area (Å²) in [5.41, 5.74) is 9.89. The molecule has 13 heavy (non-hydrogen) atoms. The summed E-state index contributed by atoms with van der Waals surface area (Å²) in [6.45, 7) is 8.58. The van der Waals surface area contributed by atoms with Crippen LogP contribution in [0.25, 0.3) is 0 Å². The zero-order chi connectivity index (χ0) is 9.84. The van der Waals surface area contributed by atoms with Gasteiger partial charge in [0.2, 0.25) is 0 Å². The normalized spacial score (nSPS) is 9.69. The minimum Gasteiger partial charge on any atom is -0.397 e. The molecule has 0 amide bonds. The Morgan fingerprint density at radius 3 is 2.85 bits per heavy atom. The average Bonchev–Trinajstić information content (AvgIpc) is 2.07. The van der Waals surface area contributed by atoms with Crippen LogP contribution in [0.3, 0.4) is 0 Å². The number of nitrogens with one attached hydrogen (secondary N) is 1. The van der Waals surface area contributed by atoms with Gasteiger partial charge in [0.25, 0.3) is 0 Å². The zero-order valence-electron chi connectivity index (χ0n) is 8.22. The number of para-hydroxylation sites is 1. The fourth-order valence-electron chi connectivity index (χ4n) is 1.08. The maximum absolute atomic E-state index is 5.88. The SMILES string of the molecule is C=C(C)CNc1cccc(C)c1N. The van der Waals surface area contributed by atoms with Gasteiger partial charge in [0.05, 0.1) is 11.4 Å². The van der Waals surface area contributed by atoms with Gasteiger partial charge in [0.15, 0.2) is 0 Å². The summed E-state index contributed by atoms with van der Waals surface area (Å²) < 4.78 is 0. The van der Waals surface area contributed by atoms with Gasteiger partial charge in [-0.2, -0.15) is 0 Å². The van der Waals surface area contributed by atoms with E-state index in [1.165, 1.54) is 0 Å². The molecule has 0 bridgehead atoms. The molecule has 0 aliphatic heterocycles. The minimum absolute atomic E-state index is 0.771. The smallest absolute Gasteiger partial charge is 0.0579 e. The lowest BCUT2D eigenvalue weighted by molar-refractivity contribution is 1.21.